The van der Waals surface area contributed by atoms with Gasteiger partial charge in [0.05, 0.1) is 0 Å². The summed E-state index contributed by atoms with van der Waals surface area (Å²) in [6.45, 7) is 0. The standard InChI is InChI=1S/C14H13FN2O2S/c1-20-11-5-3-10(4-6-11)19-13-7-2-9(8-12(13)15)14(16)17-18/h2-8,18H,1H3,(H2,16,17). The predicted octanol–water partition coefficient (Wildman–Crippen LogP) is 3.43. The average molecular weight is 292 g/mol. The lowest BCUT2D eigenvalue weighted by Crippen LogP contribution is -2.13. The van der Waals surface area contributed by atoms with Crippen molar-refractivity contribution in [3.63, 3.8) is 0 Å². The molecule has 0 saturated carbocycles. The fraction of sp³-hybridized carbons (Fsp3) is 0.0714. The molecule has 0 aliphatic carbocycles. The number of amidine groups is 1. The van der Waals surface area contributed by atoms with E-state index in [0.29, 0.717) is 5.75 Å². The molecular formula is C14H13FN2O2S. The van der Waals surface area contributed by atoms with Crippen molar-refractivity contribution < 1.29 is 14.3 Å². The average Bonchev–Trinajstić information content (AvgIpc) is 2.49. The van der Waals surface area contributed by atoms with E-state index in [1.807, 2.05) is 18.4 Å². The van der Waals surface area contributed by atoms with Gasteiger partial charge in [0.25, 0.3) is 0 Å². The summed E-state index contributed by atoms with van der Waals surface area (Å²) in [4.78, 5) is 1.10. The minimum Gasteiger partial charge on any atom is -0.454 e. The van der Waals surface area contributed by atoms with E-state index < -0.39 is 5.82 Å². The highest BCUT2D eigenvalue weighted by Gasteiger charge is 2.08. The number of nitrogens with two attached hydrogens (primary N) is 1. The lowest BCUT2D eigenvalue weighted by Gasteiger charge is -2.08. The number of oxime groups is 1. The summed E-state index contributed by atoms with van der Waals surface area (Å²) in [7, 11) is 0. The van der Waals surface area contributed by atoms with Gasteiger partial charge in [-0.2, -0.15) is 0 Å². The van der Waals surface area contributed by atoms with Crippen LogP contribution in [-0.2, 0) is 0 Å². The first-order valence-corrected chi connectivity index (χ1v) is 6.96. The highest BCUT2D eigenvalue weighted by atomic mass is 32.2. The zero-order valence-corrected chi connectivity index (χ0v) is 11.5. The quantitative estimate of drug-likeness (QED) is 0.298. The van der Waals surface area contributed by atoms with Crippen LogP contribution in [0.15, 0.2) is 52.5 Å². The Labute approximate surface area is 120 Å². The Hall–Kier alpha value is -2.21. The van der Waals surface area contributed by atoms with Crippen LogP contribution in [0.4, 0.5) is 4.39 Å². The van der Waals surface area contributed by atoms with Crippen LogP contribution < -0.4 is 10.5 Å². The van der Waals surface area contributed by atoms with Crippen molar-refractivity contribution in [1.82, 2.24) is 0 Å². The van der Waals surface area contributed by atoms with Crippen molar-refractivity contribution in [1.29, 1.82) is 0 Å². The van der Waals surface area contributed by atoms with Gasteiger partial charge in [-0.05, 0) is 48.7 Å². The van der Waals surface area contributed by atoms with Gasteiger partial charge >= 0.3 is 0 Å². The normalized spacial score (nSPS) is 11.4. The molecule has 104 valence electrons. The maximum atomic E-state index is 13.9. The molecule has 2 rings (SSSR count). The second-order valence-corrected chi connectivity index (χ2v) is 4.79. The summed E-state index contributed by atoms with van der Waals surface area (Å²) in [6.07, 6.45) is 1.97. The van der Waals surface area contributed by atoms with Crippen LogP contribution in [0.25, 0.3) is 0 Å². The molecule has 0 saturated heterocycles. The molecule has 20 heavy (non-hydrogen) atoms. The lowest BCUT2D eigenvalue weighted by molar-refractivity contribution is 0.318. The van der Waals surface area contributed by atoms with Gasteiger partial charge in [-0.15, -0.1) is 11.8 Å². The van der Waals surface area contributed by atoms with Crippen LogP contribution >= 0.6 is 11.8 Å². The van der Waals surface area contributed by atoms with E-state index in [0.717, 1.165) is 11.0 Å². The highest BCUT2D eigenvalue weighted by Crippen LogP contribution is 2.26. The Kier molecular flexibility index (Phi) is 4.47. The van der Waals surface area contributed by atoms with Crippen molar-refractivity contribution in [3.05, 3.63) is 53.8 Å². The number of hydrogen-bond acceptors (Lipinski definition) is 4. The number of halogens is 1. The van der Waals surface area contributed by atoms with Crippen molar-refractivity contribution in [2.24, 2.45) is 10.9 Å². The first kappa shape index (κ1) is 14.2. The number of nitrogens with zero attached hydrogens (tertiary/aromatic N) is 1. The molecule has 4 nitrogen and oxygen atoms in total. The Morgan fingerprint density at radius 3 is 2.50 bits per heavy atom. The molecule has 0 atom stereocenters. The number of benzene rings is 2. The number of ether oxygens (including phenoxy) is 1. The Bertz CT molecular complexity index is 630. The van der Waals surface area contributed by atoms with Gasteiger partial charge in [0, 0.05) is 10.5 Å². The lowest BCUT2D eigenvalue weighted by atomic mass is 10.2. The van der Waals surface area contributed by atoms with Crippen molar-refractivity contribution >= 4 is 17.6 Å². The molecule has 0 spiro atoms. The summed E-state index contributed by atoms with van der Waals surface area (Å²) in [5.74, 6) is -0.113. The molecule has 0 fully saturated rings. The Morgan fingerprint density at radius 2 is 1.95 bits per heavy atom. The van der Waals surface area contributed by atoms with Crippen molar-refractivity contribution in [2.45, 2.75) is 4.90 Å². The van der Waals surface area contributed by atoms with Crippen LogP contribution in [0, 0.1) is 5.82 Å². The van der Waals surface area contributed by atoms with Crippen LogP contribution in [0.5, 0.6) is 11.5 Å². The second kappa shape index (κ2) is 6.29. The zero-order chi connectivity index (χ0) is 14.5. The molecule has 2 aromatic rings. The minimum atomic E-state index is -0.581. The largest absolute Gasteiger partial charge is 0.454 e. The monoisotopic (exact) mass is 292 g/mol. The smallest absolute Gasteiger partial charge is 0.170 e. The van der Waals surface area contributed by atoms with Gasteiger partial charge in [0.15, 0.2) is 17.4 Å². The summed E-state index contributed by atoms with van der Waals surface area (Å²) in [6, 6.07) is 11.4. The summed E-state index contributed by atoms with van der Waals surface area (Å²) in [5, 5.41) is 11.4. The Balaban J connectivity index is 2.20. The number of rotatable bonds is 4. The van der Waals surface area contributed by atoms with Crippen molar-refractivity contribution in [3.8, 4) is 11.5 Å². The summed E-state index contributed by atoms with van der Waals surface area (Å²) >= 11 is 1.61. The third kappa shape index (κ3) is 3.21. The van der Waals surface area contributed by atoms with E-state index in [-0.39, 0.29) is 17.1 Å². The number of hydrogen-bond donors (Lipinski definition) is 2. The van der Waals surface area contributed by atoms with Gasteiger partial charge < -0.3 is 15.7 Å². The fourth-order valence-corrected chi connectivity index (χ4v) is 1.98. The predicted molar refractivity (Wildman–Crippen MR) is 77.2 cm³/mol. The van der Waals surface area contributed by atoms with Gasteiger partial charge in [0.1, 0.15) is 5.75 Å². The molecule has 0 amide bonds. The first-order valence-electron chi connectivity index (χ1n) is 5.73. The molecule has 0 radical (unpaired) electrons. The Morgan fingerprint density at radius 1 is 1.25 bits per heavy atom. The van der Waals surface area contributed by atoms with E-state index in [1.165, 1.54) is 12.1 Å². The molecule has 0 aliphatic heterocycles. The molecule has 0 heterocycles. The second-order valence-electron chi connectivity index (χ2n) is 3.91. The van der Waals surface area contributed by atoms with Crippen LogP contribution in [0.1, 0.15) is 5.56 Å². The topological polar surface area (TPSA) is 67.8 Å². The third-order valence-corrected chi connectivity index (χ3v) is 3.37. The maximum absolute atomic E-state index is 13.9. The van der Waals surface area contributed by atoms with Gasteiger partial charge in [-0.1, -0.05) is 5.16 Å². The summed E-state index contributed by atoms with van der Waals surface area (Å²) < 4.78 is 19.3. The minimum absolute atomic E-state index is 0.0800. The van der Waals surface area contributed by atoms with E-state index in [1.54, 1.807) is 23.9 Å². The van der Waals surface area contributed by atoms with Crippen LogP contribution in [-0.4, -0.2) is 17.3 Å². The third-order valence-electron chi connectivity index (χ3n) is 2.62. The molecule has 0 aliphatic rings. The first-order chi connectivity index (χ1) is 9.63. The van der Waals surface area contributed by atoms with Gasteiger partial charge in [-0.3, -0.25) is 0 Å². The van der Waals surface area contributed by atoms with E-state index in [9.17, 15) is 4.39 Å². The zero-order valence-electron chi connectivity index (χ0n) is 10.7. The van der Waals surface area contributed by atoms with Crippen LogP contribution in [0.2, 0.25) is 0 Å². The molecule has 6 heteroatoms. The van der Waals surface area contributed by atoms with Crippen LogP contribution in [0.3, 0.4) is 0 Å². The van der Waals surface area contributed by atoms with Crippen molar-refractivity contribution in [2.75, 3.05) is 6.26 Å². The highest BCUT2D eigenvalue weighted by molar-refractivity contribution is 7.98. The summed E-state index contributed by atoms with van der Waals surface area (Å²) in [5.41, 5.74) is 5.68. The van der Waals surface area contributed by atoms with Gasteiger partial charge in [0.2, 0.25) is 0 Å². The molecule has 3 N–H and O–H groups in total. The van der Waals surface area contributed by atoms with Gasteiger partial charge in [-0.25, -0.2) is 4.39 Å². The molecule has 0 unspecified atom stereocenters. The van der Waals surface area contributed by atoms with E-state index >= 15 is 0 Å². The molecule has 0 aromatic heterocycles. The van der Waals surface area contributed by atoms with E-state index in [2.05, 4.69) is 5.16 Å². The number of thioether (sulfide) groups is 1. The SMILES string of the molecule is CSc1ccc(Oc2ccc(C(N)=NO)cc2F)cc1. The van der Waals surface area contributed by atoms with E-state index in [4.69, 9.17) is 15.7 Å². The maximum Gasteiger partial charge on any atom is 0.170 e. The molecular weight excluding hydrogens is 279 g/mol. The molecule has 2 aromatic carbocycles. The fourth-order valence-electron chi connectivity index (χ4n) is 1.57. The molecule has 0 bridgehead atoms.